The van der Waals surface area contributed by atoms with Gasteiger partial charge in [-0.05, 0) is 98.2 Å². The lowest BCUT2D eigenvalue weighted by molar-refractivity contribution is 0.0134. The second kappa shape index (κ2) is 15.4. The van der Waals surface area contributed by atoms with E-state index in [2.05, 4.69) is 25.1 Å². The molecule has 3 aromatic rings. The fraction of sp³-hybridized carbons (Fsp3) is 0.457. The molecule has 0 saturated heterocycles. The maximum Gasteiger partial charge on any atom is 0.333 e. The van der Waals surface area contributed by atoms with Crippen LogP contribution in [0.15, 0.2) is 65.3 Å². The molecule has 1 N–H and O–H groups in total. The summed E-state index contributed by atoms with van der Waals surface area (Å²) in [7, 11) is -1.98. The molecule has 1 fully saturated rings. The molecule has 10 nitrogen and oxygen atoms in total. The summed E-state index contributed by atoms with van der Waals surface area (Å²) in [6.07, 6.45) is 11.2. The van der Waals surface area contributed by atoms with Crippen LogP contribution in [0, 0.1) is 11.8 Å². The predicted octanol–water partition coefficient (Wildman–Crippen LogP) is 7.00. The third-order valence-electron chi connectivity index (χ3n) is 9.46. The van der Waals surface area contributed by atoms with E-state index in [-0.39, 0.29) is 28.9 Å². The van der Waals surface area contributed by atoms with Gasteiger partial charge in [-0.2, -0.15) is 13.9 Å². The van der Waals surface area contributed by atoms with Crippen LogP contribution in [0.3, 0.4) is 0 Å². The zero-order valence-corrected chi connectivity index (χ0v) is 28.8. The third kappa shape index (κ3) is 8.33. The number of hydrogen-bond acceptors (Lipinski definition) is 7. The van der Waals surface area contributed by atoms with Gasteiger partial charge in [0.2, 0.25) is 0 Å². The monoisotopic (exact) mass is 715 g/mol. The maximum atomic E-state index is 14.2. The smallest absolute Gasteiger partial charge is 0.333 e. The van der Waals surface area contributed by atoms with Crippen LogP contribution in [0.25, 0.3) is 0 Å². The number of allylic oxidation sites excluding steroid dienone is 1. The standard InChI is InChI=1S/C35H40ClF2N5O5S/c1-47-31-8-3-2-6-16-49(46,41-34(45)27-19-39-43(22-27)35(37)38)40-33(44)24-11-14-32-30(18-24)42(21-26-10-13-29(26)31)20-25-9-12-28(36)17-23(25)7-4-5-15-48-32/h3,8-9,11-12,14,17-19,22,26,29,31,35H,2,4-7,10,13,15-16,20-21H2,1H3,(H,40,41,44,45,46)/b8-3+/t26-,29+,31-,49?/m0/s1. The van der Waals surface area contributed by atoms with Gasteiger partial charge in [0.1, 0.15) is 15.7 Å². The highest BCUT2D eigenvalue weighted by Crippen LogP contribution is 2.42. The second-order valence-corrected chi connectivity index (χ2v) is 15.2. The van der Waals surface area contributed by atoms with Crippen molar-refractivity contribution in [3.05, 3.63) is 88.2 Å². The van der Waals surface area contributed by atoms with Crippen molar-refractivity contribution < 1.29 is 32.1 Å². The number of amides is 2. The summed E-state index contributed by atoms with van der Waals surface area (Å²) in [6.45, 7) is -1.23. The van der Waals surface area contributed by atoms with Crippen LogP contribution in [0.4, 0.5) is 14.5 Å². The molecule has 2 aliphatic heterocycles. The van der Waals surface area contributed by atoms with E-state index < -0.39 is 28.3 Å². The Hall–Kier alpha value is -3.81. The predicted molar refractivity (Wildman–Crippen MR) is 183 cm³/mol. The van der Waals surface area contributed by atoms with Crippen molar-refractivity contribution in [2.75, 3.05) is 30.9 Å². The van der Waals surface area contributed by atoms with Gasteiger partial charge >= 0.3 is 6.55 Å². The molecule has 1 aromatic heterocycles. The molecule has 2 bridgehead atoms. The lowest BCUT2D eigenvalue weighted by atomic mass is 9.70. The molecule has 262 valence electrons. The molecule has 1 saturated carbocycles. The van der Waals surface area contributed by atoms with E-state index in [0.717, 1.165) is 50.1 Å². The van der Waals surface area contributed by atoms with E-state index in [0.29, 0.717) is 59.6 Å². The van der Waals surface area contributed by atoms with Crippen LogP contribution in [0.1, 0.15) is 76.9 Å². The normalized spacial score (nSPS) is 25.4. The van der Waals surface area contributed by atoms with Crippen LogP contribution in [-0.2, 0) is 27.6 Å². The number of halogens is 3. The zero-order valence-electron chi connectivity index (χ0n) is 27.2. The summed E-state index contributed by atoms with van der Waals surface area (Å²) in [4.78, 5) is 29.1. The first-order valence-corrected chi connectivity index (χ1v) is 18.6. The first-order valence-electron chi connectivity index (χ1n) is 16.5. The molecule has 0 spiro atoms. The van der Waals surface area contributed by atoms with Gasteiger partial charge in [0, 0.05) is 37.0 Å². The number of hydrogen-bond donors (Lipinski definition) is 1. The summed E-state index contributed by atoms with van der Waals surface area (Å²) in [5.74, 6) is -0.613. The second-order valence-electron chi connectivity index (χ2n) is 12.7. The summed E-state index contributed by atoms with van der Waals surface area (Å²) in [6, 6.07) is 11.0. The summed E-state index contributed by atoms with van der Waals surface area (Å²) in [5, 5.41) is 4.17. The molecule has 1 unspecified atom stereocenters. The van der Waals surface area contributed by atoms with Gasteiger partial charge in [-0.1, -0.05) is 29.8 Å². The van der Waals surface area contributed by atoms with Crippen molar-refractivity contribution in [3.8, 4) is 5.75 Å². The Morgan fingerprint density at radius 1 is 1.14 bits per heavy atom. The molecule has 3 heterocycles. The Balaban J connectivity index is 1.42. The van der Waals surface area contributed by atoms with Crippen molar-refractivity contribution >= 4 is 39.0 Å². The van der Waals surface area contributed by atoms with Gasteiger partial charge in [-0.15, -0.1) is 4.36 Å². The number of nitrogens with zero attached hydrogens (tertiary/aromatic N) is 4. The van der Waals surface area contributed by atoms with Crippen molar-refractivity contribution in [2.45, 2.75) is 64.1 Å². The molecule has 0 radical (unpaired) electrons. The lowest BCUT2D eigenvalue weighted by Crippen LogP contribution is -2.43. The van der Waals surface area contributed by atoms with Crippen LogP contribution < -0.4 is 14.4 Å². The van der Waals surface area contributed by atoms with Gasteiger partial charge in [0.25, 0.3) is 11.8 Å². The number of carbonyl (C=O) groups is 2. The van der Waals surface area contributed by atoms with Crippen molar-refractivity contribution in [2.24, 2.45) is 16.2 Å². The van der Waals surface area contributed by atoms with Crippen molar-refractivity contribution in [1.29, 1.82) is 0 Å². The minimum Gasteiger partial charge on any atom is -0.491 e. The number of nitrogens with one attached hydrogen (secondary N) is 1. The van der Waals surface area contributed by atoms with Crippen LogP contribution in [-0.4, -0.2) is 57.9 Å². The van der Waals surface area contributed by atoms with E-state index in [4.69, 9.17) is 21.1 Å². The number of fused-ring (bicyclic) bond motifs is 3. The molecular formula is C35H40ClF2N5O5S. The van der Waals surface area contributed by atoms with E-state index in [1.807, 2.05) is 24.3 Å². The molecular weight excluding hydrogens is 676 g/mol. The Morgan fingerprint density at radius 3 is 2.76 bits per heavy atom. The number of carbonyl (C=O) groups excluding carboxylic acids is 2. The lowest BCUT2D eigenvalue weighted by Gasteiger charge is -2.43. The number of alkyl halides is 2. The first-order chi connectivity index (χ1) is 23.6. The average molecular weight is 716 g/mol. The van der Waals surface area contributed by atoms with Gasteiger partial charge in [0.15, 0.2) is 0 Å². The number of anilines is 1. The zero-order chi connectivity index (χ0) is 34.5. The van der Waals surface area contributed by atoms with Crippen LogP contribution >= 0.6 is 11.6 Å². The number of ether oxygens (including phenoxy) is 2. The summed E-state index contributed by atoms with van der Waals surface area (Å²) < 4.78 is 59.4. The molecule has 14 heteroatoms. The first kappa shape index (κ1) is 35.0. The Labute approximate surface area is 290 Å². The SMILES string of the molecule is CO[C@H]1/C=C/CCCS(=O)(NC(=O)c2cnn(C(F)F)c2)=NC(=O)c2ccc3c(c2)N(Cc2ccc(Cl)cc2CCCCO3)C[C@@H]2CC[C@H]21. The molecule has 3 aliphatic rings. The average Bonchev–Trinajstić information content (AvgIpc) is 3.56. The van der Waals surface area contributed by atoms with Crippen LogP contribution in [0.5, 0.6) is 5.75 Å². The van der Waals surface area contributed by atoms with Crippen molar-refractivity contribution in [3.63, 3.8) is 0 Å². The highest BCUT2D eigenvalue weighted by molar-refractivity contribution is 7.92. The Bertz CT molecular complexity index is 1840. The van der Waals surface area contributed by atoms with Gasteiger partial charge in [-0.3, -0.25) is 14.3 Å². The summed E-state index contributed by atoms with van der Waals surface area (Å²) in [5.41, 5.74) is 2.96. The quantitative estimate of drug-likeness (QED) is 0.290. The fourth-order valence-corrected chi connectivity index (χ4v) is 8.46. The number of methoxy groups -OCH3 is 1. The topological polar surface area (TPSA) is 115 Å². The van der Waals surface area contributed by atoms with Gasteiger partial charge in [-0.25, -0.2) is 8.89 Å². The van der Waals surface area contributed by atoms with Crippen molar-refractivity contribution in [1.82, 2.24) is 14.5 Å². The van der Waals surface area contributed by atoms with E-state index >= 15 is 0 Å². The fourth-order valence-electron chi connectivity index (χ4n) is 6.69. The Kier molecular flexibility index (Phi) is 11.0. The van der Waals surface area contributed by atoms with Gasteiger partial charge < -0.3 is 14.4 Å². The number of aromatic nitrogens is 2. The van der Waals surface area contributed by atoms with Gasteiger partial charge in [0.05, 0.1) is 35.9 Å². The molecule has 2 aromatic carbocycles. The van der Waals surface area contributed by atoms with E-state index in [9.17, 15) is 22.6 Å². The maximum absolute atomic E-state index is 14.2. The molecule has 1 aliphatic carbocycles. The molecule has 6 rings (SSSR count). The highest BCUT2D eigenvalue weighted by atomic mass is 35.5. The molecule has 4 atom stereocenters. The number of rotatable bonds is 4. The van der Waals surface area contributed by atoms with E-state index in [1.54, 1.807) is 25.3 Å². The van der Waals surface area contributed by atoms with Crippen LogP contribution in [0.2, 0.25) is 5.02 Å². The minimum absolute atomic E-state index is 0.120. The molecule has 2 amide bonds. The minimum atomic E-state index is -3.68. The third-order valence-corrected chi connectivity index (χ3v) is 11.5. The number of benzene rings is 2. The highest BCUT2D eigenvalue weighted by Gasteiger charge is 2.38. The largest absolute Gasteiger partial charge is 0.491 e. The number of aryl methyl sites for hydroxylation is 1. The van der Waals surface area contributed by atoms with E-state index in [1.165, 1.54) is 5.56 Å². The molecule has 49 heavy (non-hydrogen) atoms. The summed E-state index contributed by atoms with van der Waals surface area (Å²) >= 11 is 6.42. The Morgan fingerprint density at radius 2 is 2.00 bits per heavy atom.